The third-order valence-corrected chi connectivity index (χ3v) is 4.36. The summed E-state index contributed by atoms with van der Waals surface area (Å²) in [5, 5.41) is 13.2. The van der Waals surface area contributed by atoms with Gasteiger partial charge in [-0.05, 0) is 37.5 Å². The van der Waals surface area contributed by atoms with Crippen molar-refractivity contribution in [2.45, 2.75) is 64.5 Å². The summed E-state index contributed by atoms with van der Waals surface area (Å²) in [5.74, 6) is 0.714. The molecule has 18 heavy (non-hydrogen) atoms. The van der Waals surface area contributed by atoms with Gasteiger partial charge in [0.25, 0.3) is 0 Å². The highest BCUT2D eigenvalue weighted by Gasteiger charge is 2.32. The van der Waals surface area contributed by atoms with Gasteiger partial charge in [0.2, 0.25) is 5.91 Å². The molecule has 1 rings (SSSR count). The van der Waals surface area contributed by atoms with Crippen LogP contribution in [0, 0.1) is 11.8 Å². The highest BCUT2D eigenvalue weighted by molar-refractivity contribution is 5.81. The zero-order chi connectivity index (χ0) is 13.8. The minimum Gasteiger partial charge on any atom is -0.388 e. The number of rotatable bonds is 5. The van der Waals surface area contributed by atoms with Gasteiger partial charge in [0, 0.05) is 6.54 Å². The predicted molar refractivity (Wildman–Crippen MR) is 73.0 cm³/mol. The van der Waals surface area contributed by atoms with Gasteiger partial charge >= 0.3 is 0 Å². The maximum absolute atomic E-state index is 11.8. The molecular formula is C14H28N2O2. The normalized spacial score (nSPS) is 31.7. The number of hydrogen-bond acceptors (Lipinski definition) is 3. The van der Waals surface area contributed by atoms with Gasteiger partial charge in [0.05, 0.1) is 11.6 Å². The van der Waals surface area contributed by atoms with E-state index >= 15 is 0 Å². The standard InChI is InChI=1S/C14H28N2O2/c1-4-11(3)12(15)13(17)16-9-14(18)7-5-10(2)6-8-14/h10-12,18H,4-9,15H2,1-3H3,(H,16,17)/t10?,11?,12-,14?/m0/s1. The molecular weight excluding hydrogens is 228 g/mol. The molecule has 4 heteroatoms. The van der Waals surface area contributed by atoms with Crippen molar-refractivity contribution in [3.05, 3.63) is 0 Å². The Kier molecular flexibility index (Phi) is 5.60. The molecule has 0 saturated heterocycles. The maximum Gasteiger partial charge on any atom is 0.237 e. The number of carbonyl (C=O) groups excluding carboxylic acids is 1. The molecule has 4 N–H and O–H groups in total. The second-order valence-corrected chi connectivity index (χ2v) is 6.04. The highest BCUT2D eigenvalue weighted by Crippen LogP contribution is 2.31. The summed E-state index contributed by atoms with van der Waals surface area (Å²) in [6.07, 6.45) is 4.49. The number of nitrogens with two attached hydrogens (primary N) is 1. The summed E-state index contributed by atoms with van der Waals surface area (Å²) >= 11 is 0. The van der Waals surface area contributed by atoms with Crippen molar-refractivity contribution in [1.29, 1.82) is 0 Å². The molecule has 1 amide bonds. The fourth-order valence-corrected chi connectivity index (χ4v) is 2.36. The minimum atomic E-state index is -0.725. The van der Waals surface area contributed by atoms with E-state index in [1.54, 1.807) is 0 Å². The molecule has 2 atom stereocenters. The SMILES string of the molecule is CCC(C)[C@H](N)C(=O)NCC1(O)CCC(C)CC1. The van der Waals surface area contributed by atoms with Gasteiger partial charge in [0.15, 0.2) is 0 Å². The molecule has 0 aromatic rings. The lowest BCUT2D eigenvalue weighted by atomic mass is 9.79. The van der Waals surface area contributed by atoms with E-state index in [4.69, 9.17) is 5.73 Å². The molecule has 0 heterocycles. The molecule has 4 nitrogen and oxygen atoms in total. The van der Waals surface area contributed by atoms with E-state index in [1.807, 2.05) is 13.8 Å². The highest BCUT2D eigenvalue weighted by atomic mass is 16.3. The molecule has 1 aliphatic rings. The Balaban J connectivity index is 2.38. The van der Waals surface area contributed by atoms with Crippen LogP contribution in [0.15, 0.2) is 0 Å². The molecule has 0 spiro atoms. The Morgan fingerprint density at radius 1 is 1.50 bits per heavy atom. The predicted octanol–water partition coefficient (Wildman–Crippen LogP) is 1.42. The molecule has 106 valence electrons. The number of aliphatic hydroxyl groups is 1. The summed E-state index contributed by atoms with van der Waals surface area (Å²) in [7, 11) is 0. The maximum atomic E-state index is 11.8. The smallest absolute Gasteiger partial charge is 0.237 e. The first-order chi connectivity index (χ1) is 8.38. The monoisotopic (exact) mass is 256 g/mol. The lowest BCUT2D eigenvalue weighted by Gasteiger charge is -2.35. The van der Waals surface area contributed by atoms with Crippen LogP contribution in [0.5, 0.6) is 0 Å². The topological polar surface area (TPSA) is 75.4 Å². The minimum absolute atomic E-state index is 0.142. The molecule has 0 aliphatic heterocycles. The Morgan fingerprint density at radius 2 is 2.06 bits per heavy atom. The quantitative estimate of drug-likeness (QED) is 0.696. The molecule has 0 radical (unpaired) electrons. The van der Waals surface area contributed by atoms with E-state index in [0.717, 1.165) is 32.1 Å². The van der Waals surface area contributed by atoms with E-state index in [1.165, 1.54) is 0 Å². The molecule has 0 aromatic carbocycles. The number of hydrogen-bond donors (Lipinski definition) is 3. The van der Waals surface area contributed by atoms with Gasteiger partial charge in [0.1, 0.15) is 0 Å². The first-order valence-electron chi connectivity index (χ1n) is 7.13. The Hall–Kier alpha value is -0.610. The van der Waals surface area contributed by atoms with Crippen molar-refractivity contribution >= 4 is 5.91 Å². The van der Waals surface area contributed by atoms with E-state index < -0.39 is 11.6 Å². The molecule has 1 saturated carbocycles. The largest absolute Gasteiger partial charge is 0.388 e. The lowest BCUT2D eigenvalue weighted by molar-refractivity contribution is -0.125. The average Bonchev–Trinajstić information content (AvgIpc) is 2.38. The van der Waals surface area contributed by atoms with Crippen LogP contribution in [0.4, 0.5) is 0 Å². The van der Waals surface area contributed by atoms with Gasteiger partial charge in [-0.1, -0.05) is 27.2 Å². The summed E-state index contributed by atoms with van der Waals surface area (Å²) in [4.78, 5) is 11.8. The summed E-state index contributed by atoms with van der Waals surface area (Å²) < 4.78 is 0. The van der Waals surface area contributed by atoms with Crippen LogP contribution in [0.3, 0.4) is 0 Å². The van der Waals surface area contributed by atoms with Crippen LogP contribution in [-0.4, -0.2) is 29.2 Å². The van der Waals surface area contributed by atoms with Crippen LogP contribution in [0.2, 0.25) is 0 Å². The third kappa shape index (κ3) is 4.25. The first kappa shape index (κ1) is 15.4. The van der Waals surface area contributed by atoms with Crippen molar-refractivity contribution < 1.29 is 9.90 Å². The fourth-order valence-electron chi connectivity index (χ4n) is 2.36. The van der Waals surface area contributed by atoms with Crippen molar-refractivity contribution in [3.63, 3.8) is 0 Å². The number of nitrogens with one attached hydrogen (secondary N) is 1. The van der Waals surface area contributed by atoms with Gasteiger partial charge in [-0.2, -0.15) is 0 Å². The number of carbonyl (C=O) groups is 1. The van der Waals surface area contributed by atoms with Crippen LogP contribution < -0.4 is 11.1 Å². The van der Waals surface area contributed by atoms with Crippen molar-refractivity contribution in [3.8, 4) is 0 Å². The zero-order valence-electron chi connectivity index (χ0n) is 11.9. The summed E-state index contributed by atoms with van der Waals surface area (Å²) in [6.45, 7) is 6.54. The summed E-state index contributed by atoms with van der Waals surface area (Å²) in [5.41, 5.74) is 5.13. The number of amides is 1. The average molecular weight is 256 g/mol. The summed E-state index contributed by atoms with van der Waals surface area (Å²) in [6, 6.07) is -0.471. The zero-order valence-corrected chi connectivity index (χ0v) is 11.9. The molecule has 1 aliphatic carbocycles. The van der Waals surface area contributed by atoms with Gasteiger partial charge in [-0.25, -0.2) is 0 Å². The first-order valence-corrected chi connectivity index (χ1v) is 7.13. The van der Waals surface area contributed by atoms with Gasteiger partial charge in [-0.15, -0.1) is 0 Å². The lowest BCUT2D eigenvalue weighted by Crippen LogP contribution is -2.51. The second-order valence-electron chi connectivity index (χ2n) is 6.04. The van der Waals surface area contributed by atoms with Gasteiger partial charge < -0.3 is 16.2 Å². The Labute approximate surface area is 110 Å². The Bertz CT molecular complexity index is 273. The molecule has 0 bridgehead atoms. The van der Waals surface area contributed by atoms with E-state index in [0.29, 0.717) is 12.5 Å². The van der Waals surface area contributed by atoms with Crippen molar-refractivity contribution in [2.24, 2.45) is 17.6 Å². The van der Waals surface area contributed by atoms with Crippen LogP contribution in [-0.2, 0) is 4.79 Å². The van der Waals surface area contributed by atoms with E-state index in [-0.39, 0.29) is 11.8 Å². The van der Waals surface area contributed by atoms with Crippen LogP contribution in [0.25, 0.3) is 0 Å². The third-order valence-electron chi connectivity index (χ3n) is 4.36. The second kappa shape index (κ2) is 6.53. The molecule has 1 unspecified atom stereocenters. The van der Waals surface area contributed by atoms with E-state index in [2.05, 4.69) is 12.2 Å². The Morgan fingerprint density at radius 3 is 2.56 bits per heavy atom. The molecule has 0 aromatic heterocycles. The van der Waals surface area contributed by atoms with Gasteiger partial charge in [-0.3, -0.25) is 4.79 Å². The van der Waals surface area contributed by atoms with Crippen molar-refractivity contribution in [1.82, 2.24) is 5.32 Å². The van der Waals surface area contributed by atoms with Crippen molar-refractivity contribution in [2.75, 3.05) is 6.54 Å². The van der Waals surface area contributed by atoms with Crippen LogP contribution >= 0.6 is 0 Å². The van der Waals surface area contributed by atoms with E-state index in [9.17, 15) is 9.90 Å². The van der Waals surface area contributed by atoms with Crippen LogP contribution in [0.1, 0.15) is 52.9 Å². The fraction of sp³-hybridized carbons (Fsp3) is 0.929. The molecule has 1 fully saturated rings.